The molecule has 0 amide bonds. The average molecular weight is 318 g/mol. The van der Waals surface area contributed by atoms with Crippen LogP contribution in [0.1, 0.15) is 27.7 Å². The molecule has 0 saturated carbocycles. The largest absolute Gasteiger partial charge is 0.465 e. The topological polar surface area (TPSA) is 107 Å². The van der Waals surface area contributed by atoms with Crippen molar-refractivity contribution < 1.29 is 40.8 Å². The van der Waals surface area contributed by atoms with Crippen LogP contribution in [0, 0.1) is 11.3 Å². The van der Waals surface area contributed by atoms with Gasteiger partial charge in [-0.1, -0.05) is 13.8 Å². The molecule has 0 saturated heterocycles. The second kappa shape index (κ2) is 6.00. The fraction of sp³-hybridized carbons (Fsp3) is 0.800. The van der Waals surface area contributed by atoms with E-state index in [1.807, 2.05) is 0 Å². The third-order valence-electron chi connectivity index (χ3n) is 2.91. The predicted octanol–water partition coefficient (Wildman–Crippen LogP) is 1.19. The second-order valence-corrected chi connectivity index (χ2v) is 6.31. The van der Waals surface area contributed by atoms with Crippen molar-refractivity contribution in [2.75, 3.05) is 6.79 Å². The Morgan fingerprint density at radius 1 is 1.15 bits per heavy atom. The lowest BCUT2D eigenvalue weighted by Gasteiger charge is -2.26. The number of rotatable bonds is 6. The number of carbonyl (C=O) groups excluding carboxylic acids is 2. The molecular weight excluding hydrogens is 302 g/mol. The number of hydrogen-bond acceptors (Lipinski definition) is 6. The van der Waals surface area contributed by atoms with Crippen molar-refractivity contribution in [1.82, 2.24) is 0 Å². The summed E-state index contributed by atoms with van der Waals surface area (Å²) in [5.41, 5.74) is -0.946. The quantitative estimate of drug-likeness (QED) is 0.445. The molecule has 0 atom stereocenters. The first-order valence-corrected chi connectivity index (χ1v) is 6.88. The normalized spacial score (nSPS) is 13.2. The van der Waals surface area contributed by atoms with E-state index in [4.69, 9.17) is 4.55 Å². The molecule has 0 aromatic carbocycles. The van der Waals surface area contributed by atoms with Crippen LogP contribution in [0.3, 0.4) is 0 Å². The molecular formula is C10H16F2O7S. The summed E-state index contributed by atoms with van der Waals surface area (Å²) in [7, 11) is -5.94. The monoisotopic (exact) mass is 318 g/mol. The average Bonchev–Trinajstić information content (AvgIpc) is 2.26. The van der Waals surface area contributed by atoms with Crippen molar-refractivity contribution in [1.29, 1.82) is 0 Å². The van der Waals surface area contributed by atoms with E-state index < -0.39 is 39.5 Å². The van der Waals surface area contributed by atoms with Crippen molar-refractivity contribution in [3.8, 4) is 0 Å². The molecule has 7 nitrogen and oxygen atoms in total. The standard InChI is InChI=1S/C10H16F2O7S/c1-6(2)9(3,4)7(13)18-5-19-8(14)10(11,12)20(15,16)17/h6H,5H2,1-4H3,(H,15,16,17). The number of halogens is 2. The minimum atomic E-state index is -5.94. The zero-order valence-corrected chi connectivity index (χ0v) is 12.2. The van der Waals surface area contributed by atoms with Gasteiger partial charge in [0.15, 0.2) is 0 Å². The van der Waals surface area contributed by atoms with Gasteiger partial charge in [-0.3, -0.25) is 9.35 Å². The number of hydrogen-bond donors (Lipinski definition) is 1. The highest BCUT2D eigenvalue weighted by atomic mass is 32.2. The Bertz CT molecular complexity index is 482. The van der Waals surface area contributed by atoms with Crippen LogP contribution in [0.25, 0.3) is 0 Å². The highest BCUT2D eigenvalue weighted by Gasteiger charge is 2.54. The molecule has 0 aromatic rings. The van der Waals surface area contributed by atoms with Crippen LogP contribution in [0.5, 0.6) is 0 Å². The minimum absolute atomic E-state index is 0.134. The summed E-state index contributed by atoms with van der Waals surface area (Å²) < 4.78 is 62.4. The minimum Gasteiger partial charge on any atom is -0.427 e. The summed E-state index contributed by atoms with van der Waals surface area (Å²) in [5, 5.41) is -5.12. The molecule has 0 bridgehead atoms. The number of esters is 2. The lowest BCUT2D eigenvalue weighted by atomic mass is 9.81. The van der Waals surface area contributed by atoms with E-state index in [9.17, 15) is 26.8 Å². The Hall–Kier alpha value is -1.29. The first-order chi connectivity index (χ1) is 8.74. The van der Waals surface area contributed by atoms with Crippen molar-refractivity contribution >= 4 is 22.1 Å². The maximum atomic E-state index is 12.8. The predicted molar refractivity (Wildman–Crippen MR) is 62.2 cm³/mol. The summed E-state index contributed by atoms with van der Waals surface area (Å²) in [6, 6.07) is 0. The van der Waals surface area contributed by atoms with E-state index in [2.05, 4.69) is 9.47 Å². The Labute approximate surface area is 115 Å². The zero-order chi connectivity index (χ0) is 16.4. The summed E-state index contributed by atoms with van der Waals surface area (Å²) >= 11 is 0. The van der Waals surface area contributed by atoms with Crippen LogP contribution in [-0.2, 0) is 29.2 Å². The van der Waals surface area contributed by atoms with Gasteiger partial charge in [0.1, 0.15) is 0 Å². The summed E-state index contributed by atoms with van der Waals surface area (Å²) in [6.07, 6.45) is 0. The number of ether oxygens (including phenoxy) is 2. The van der Waals surface area contributed by atoms with Crippen molar-refractivity contribution in [2.24, 2.45) is 11.3 Å². The molecule has 0 aliphatic carbocycles. The van der Waals surface area contributed by atoms with Crippen LogP contribution in [0.15, 0.2) is 0 Å². The second-order valence-electron chi connectivity index (χ2n) is 4.85. The van der Waals surface area contributed by atoms with Crippen molar-refractivity contribution in [2.45, 2.75) is 32.9 Å². The molecule has 20 heavy (non-hydrogen) atoms. The molecule has 0 spiro atoms. The highest BCUT2D eigenvalue weighted by molar-refractivity contribution is 7.87. The van der Waals surface area contributed by atoms with Gasteiger partial charge in [0.2, 0.25) is 6.79 Å². The van der Waals surface area contributed by atoms with Crippen molar-refractivity contribution in [3.05, 3.63) is 0 Å². The van der Waals surface area contributed by atoms with Crippen LogP contribution in [-0.4, -0.2) is 37.0 Å². The van der Waals surface area contributed by atoms with Crippen LogP contribution >= 0.6 is 0 Å². The van der Waals surface area contributed by atoms with E-state index in [0.29, 0.717) is 0 Å². The molecule has 1 N–H and O–H groups in total. The molecule has 0 rings (SSSR count). The summed E-state index contributed by atoms with van der Waals surface area (Å²) in [6.45, 7) is 5.33. The molecule has 0 aliphatic heterocycles. The Morgan fingerprint density at radius 2 is 1.55 bits per heavy atom. The Balaban J connectivity index is 4.55. The number of carbonyl (C=O) groups is 2. The first-order valence-electron chi connectivity index (χ1n) is 5.44. The molecule has 0 unspecified atom stereocenters. The molecule has 118 valence electrons. The van der Waals surface area contributed by atoms with Gasteiger partial charge in [-0.05, 0) is 19.8 Å². The smallest absolute Gasteiger partial charge is 0.427 e. The molecule has 10 heteroatoms. The van der Waals surface area contributed by atoms with Gasteiger partial charge in [-0.25, -0.2) is 4.79 Å². The fourth-order valence-corrected chi connectivity index (χ4v) is 1.02. The molecule has 0 aromatic heterocycles. The van der Waals surface area contributed by atoms with Crippen LogP contribution < -0.4 is 0 Å². The first kappa shape index (κ1) is 18.7. The van der Waals surface area contributed by atoms with Gasteiger partial charge in [0, 0.05) is 0 Å². The third-order valence-corrected chi connectivity index (χ3v) is 3.73. The van der Waals surface area contributed by atoms with Gasteiger partial charge in [0.05, 0.1) is 5.41 Å². The van der Waals surface area contributed by atoms with Gasteiger partial charge in [-0.15, -0.1) is 0 Å². The Kier molecular flexibility index (Phi) is 5.61. The Morgan fingerprint density at radius 3 is 1.90 bits per heavy atom. The number of alkyl halides is 2. The van der Waals surface area contributed by atoms with E-state index in [0.717, 1.165) is 0 Å². The van der Waals surface area contributed by atoms with Crippen molar-refractivity contribution in [3.63, 3.8) is 0 Å². The molecule has 0 radical (unpaired) electrons. The lowest BCUT2D eigenvalue weighted by molar-refractivity contribution is -0.184. The molecule has 0 heterocycles. The molecule has 0 aliphatic rings. The van der Waals surface area contributed by atoms with E-state index >= 15 is 0 Å². The van der Waals surface area contributed by atoms with E-state index in [1.54, 1.807) is 13.8 Å². The van der Waals surface area contributed by atoms with Gasteiger partial charge in [-0.2, -0.15) is 17.2 Å². The van der Waals surface area contributed by atoms with Gasteiger partial charge >= 0.3 is 27.3 Å². The fourth-order valence-electron chi connectivity index (χ4n) is 0.748. The maximum absolute atomic E-state index is 12.8. The summed E-state index contributed by atoms with van der Waals surface area (Å²) in [5.74, 6) is -3.48. The van der Waals surface area contributed by atoms with Gasteiger partial charge in [0.25, 0.3) is 0 Å². The summed E-state index contributed by atoms with van der Waals surface area (Å²) in [4.78, 5) is 22.3. The molecule has 0 fully saturated rings. The van der Waals surface area contributed by atoms with E-state index in [1.165, 1.54) is 13.8 Å². The van der Waals surface area contributed by atoms with Crippen LogP contribution in [0.2, 0.25) is 0 Å². The lowest BCUT2D eigenvalue weighted by Crippen LogP contribution is -2.40. The maximum Gasteiger partial charge on any atom is 0.465 e. The van der Waals surface area contributed by atoms with Crippen LogP contribution in [0.4, 0.5) is 8.78 Å². The van der Waals surface area contributed by atoms with Gasteiger partial charge < -0.3 is 9.47 Å². The third kappa shape index (κ3) is 4.10. The zero-order valence-electron chi connectivity index (χ0n) is 11.3. The SMILES string of the molecule is CC(C)C(C)(C)C(=O)OCOC(=O)C(F)(F)S(=O)(=O)O. The van der Waals surface area contributed by atoms with E-state index in [-0.39, 0.29) is 5.92 Å². The highest BCUT2D eigenvalue weighted by Crippen LogP contribution is 2.27.